The molecular weight excluding hydrogens is 433 g/mol. The molecule has 0 saturated heterocycles. The van der Waals surface area contributed by atoms with E-state index in [0.717, 1.165) is 63.2 Å². The molecule has 0 aliphatic carbocycles. The number of nitrogens with zero attached hydrogens (tertiary/aromatic N) is 5. The van der Waals surface area contributed by atoms with Gasteiger partial charge in [-0.2, -0.15) is 0 Å². The van der Waals surface area contributed by atoms with Crippen molar-refractivity contribution in [3.8, 4) is 0 Å². The lowest BCUT2D eigenvalue weighted by Crippen LogP contribution is -2.41. The third kappa shape index (κ3) is 7.45. The van der Waals surface area contributed by atoms with Gasteiger partial charge in [-0.1, -0.05) is 0 Å². The highest BCUT2D eigenvalue weighted by Crippen LogP contribution is 2.13. The van der Waals surface area contributed by atoms with Crippen LogP contribution in [0.15, 0.2) is 4.99 Å². The lowest BCUT2D eigenvalue weighted by atomic mass is 10.2. The Balaban J connectivity index is 0.00000312. The van der Waals surface area contributed by atoms with Crippen LogP contribution in [0.3, 0.4) is 0 Å². The normalized spacial score (nSPS) is 14.2. The summed E-state index contributed by atoms with van der Waals surface area (Å²) in [5, 5.41) is 15.2. The average molecular weight is 465 g/mol. The number of hydrogen-bond acceptors (Lipinski definition) is 5. The molecule has 0 aromatic carbocycles. The van der Waals surface area contributed by atoms with Gasteiger partial charge >= 0.3 is 0 Å². The SMILES string of the molecule is CN=C(NCCN(C)CCCOC)NCc1nnc2n1CCCC2.I. The molecular formula is C16H32IN7O. The monoisotopic (exact) mass is 465 g/mol. The maximum Gasteiger partial charge on any atom is 0.191 e. The molecule has 8 nitrogen and oxygen atoms in total. The number of hydrogen-bond donors (Lipinski definition) is 2. The van der Waals surface area contributed by atoms with Gasteiger partial charge in [0.25, 0.3) is 0 Å². The van der Waals surface area contributed by atoms with Gasteiger partial charge in [-0.25, -0.2) is 0 Å². The number of rotatable bonds is 9. The zero-order valence-electron chi connectivity index (χ0n) is 15.6. The van der Waals surface area contributed by atoms with Crippen molar-refractivity contribution in [1.82, 2.24) is 30.3 Å². The summed E-state index contributed by atoms with van der Waals surface area (Å²) < 4.78 is 7.30. The van der Waals surface area contributed by atoms with E-state index < -0.39 is 0 Å². The van der Waals surface area contributed by atoms with Crippen LogP contribution < -0.4 is 10.6 Å². The molecule has 0 atom stereocenters. The molecule has 2 heterocycles. The Kier molecular flexibility index (Phi) is 11.0. The summed E-state index contributed by atoms with van der Waals surface area (Å²) in [5.74, 6) is 2.90. The van der Waals surface area contributed by atoms with Crippen molar-refractivity contribution in [3.63, 3.8) is 0 Å². The highest BCUT2D eigenvalue weighted by atomic mass is 127. The van der Waals surface area contributed by atoms with E-state index in [1.165, 1.54) is 12.8 Å². The zero-order chi connectivity index (χ0) is 17.2. The Morgan fingerprint density at radius 1 is 1.28 bits per heavy atom. The Morgan fingerprint density at radius 3 is 2.88 bits per heavy atom. The molecule has 1 aliphatic heterocycles. The van der Waals surface area contributed by atoms with Gasteiger partial charge in [0.1, 0.15) is 5.82 Å². The molecule has 0 spiro atoms. The molecule has 0 fully saturated rings. The summed E-state index contributed by atoms with van der Waals surface area (Å²) >= 11 is 0. The summed E-state index contributed by atoms with van der Waals surface area (Å²) in [6, 6.07) is 0. The van der Waals surface area contributed by atoms with Crippen molar-refractivity contribution in [1.29, 1.82) is 0 Å². The standard InChI is InChI=1S/C16H31N7O.HI/c1-17-16(18-8-11-22(2)9-6-12-24-3)19-13-15-21-20-14-7-4-5-10-23(14)15;/h4-13H2,1-3H3,(H2,17,18,19);1H. The minimum Gasteiger partial charge on any atom is -0.385 e. The van der Waals surface area contributed by atoms with Gasteiger partial charge in [-0.05, 0) is 26.3 Å². The van der Waals surface area contributed by atoms with Crippen LogP contribution in [-0.4, -0.2) is 73.1 Å². The van der Waals surface area contributed by atoms with E-state index >= 15 is 0 Å². The van der Waals surface area contributed by atoms with Gasteiger partial charge in [-0.3, -0.25) is 4.99 Å². The fourth-order valence-electron chi connectivity index (χ4n) is 2.84. The van der Waals surface area contributed by atoms with Crippen molar-refractivity contribution in [2.45, 2.75) is 38.8 Å². The molecule has 1 aromatic rings. The smallest absolute Gasteiger partial charge is 0.191 e. The quantitative estimate of drug-likeness (QED) is 0.244. The van der Waals surface area contributed by atoms with E-state index in [-0.39, 0.29) is 24.0 Å². The third-order valence-electron chi connectivity index (χ3n) is 4.25. The predicted octanol–water partition coefficient (Wildman–Crippen LogP) is 0.866. The number of halogens is 1. The number of aromatic nitrogens is 3. The van der Waals surface area contributed by atoms with E-state index in [9.17, 15) is 0 Å². The number of nitrogens with one attached hydrogen (secondary N) is 2. The molecule has 0 amide bonds. The molecule has 0 radical (unpaired) electrons. The Hall–Kier alpha value is -0.940. The molecule has 2 N–H and O–H groups in total. The van der Waals surface area contributed by atoms with Crippen LogP contribution in [0.25, 0.3) is 0 Å². The first-order valence-electron chi connectivity index (χ1n) is 8.77. The van der Waals surface area contributed by atoms with Gasteiger partial charge in [-0.15, -0.1) is 34.2 Å². The fourth-order valence-corrected chi connectivity index (χ4v) is 2.84. The second-order valence-corrected chi connectivity index (χ2v) is 6.14. The van der Waals surface area contributed by atoms with Crippen molar-refractivity contribution >= 4 is 29.9 Å². The summed E-state index contributed by atoms with van der Waals surface area (Å²) in [7, 11) is 5.65. The predicted molar refractivity (Wildman–Crippen MR) is 111 cm³/mol. The van der Waals surface area contributed by atoms with Crippen molar-refractivity contribution in [2.75, 3.05) is 47.4 Å². The topological polar surface area (TPSA) is 79.6 Å². The van der Waals surface area contributed by atoms with Gasteiger partial charge in [0, 0.05) is 53.4 Å². The Labute approximate surface area is 167 Å². The Morgan fingerprint density at radius 2 is 2.12 bits per heavy atom. The second kappa shape index (κ2) is 12.4. The van der Waals surface area contributed by atoms with E-state index in [1.54, 1.807) is 14.2 Å². The molecule has 1 aliphatic rings. The van der Waals surface area contributed by atoms with Crippen LogP contribution in [-0.2, 0) is 24.2 Å². The van der Waals surface area contributed by atoms with Gasteiger partial charge < -0.3 is 24.8 Å². The van der Waals surface area contributed by atoms with Gasteiger partial charge in [0.2, 0.25) is 0 Å². The van der Waals surface area contributed by atoms with Crippen molar-refractivity contribution < 1.29 is 4.74 Å². The summed E-state index contributed by atoms with van der Waals surface area (Å²) in [6.45, 7) is 5.33. The van der Waals surface area contributed by atoms with Crippen LogP contribution in [0, 0.1) is 0 Å². The van der Waals surface area contributed by atoms with Crippen LogP contribution in [0.2, 0.25) is 0 Å². The van der Waals surface area contributed by atoms with Crippen LogP contribution in [0.1, 0.15) is 30.9 Å². The first-order valence-corrected chi connectivity index (χ1v) is 8.77. The number of methoxy groups -OCH3 is 1. The summed E-state index contributed by atoms with van der Waals surface area (Å²) in [6.07, 6.45) is 4.51. The maximum absolute atomic E-state index is 5.07. The van der Waals surface area contributed by atoms with Crippen LogP contribution in [0.5, 0.6) is 0 Å². The molecule has 2 rings (SSSR count). The summed E-state index contributed by atoms with van der Waals surface area (Å²) in [4.78, 5) is 6.56. The minimum absolute atomic E-state index is 0. The maximum atomic E-state index is 5.07. The number of aliphatic imine (C=N–C) groups is 1. The number of aryl methyl sites for hydroxylation is 1. The number of likely N-dealkylation sites (N-methyl/N-ethyl adjacent to an activating group) is 1. The zero-order valence-corrected chi connectivity index (χ0v) is 18.0. The molecule has 0 bridgehead atoms. The van der Waals surface area contributed by atoms with Crippen LogP contribution in [0.4, 0.5) is 0 Å². The largest absolute Gasteiger partial charge is 0.385 e. The second-order valence-electron chi connectivity index (χ2n) is 6.14. The average Bonchev–Trinajstić information content (AvgIpc) is 3.01. The summed E-state index contributed by atoms with van der Waals surface area (Å²) in [5.41, 5.74) is 0. The molecule has 144 valence electrons. The van der Waals surface area contributed by atoms with Gasteiger partial charge in [0.15, 0.2) is 11.8 Å². The molecule has 0 saturated carbocycles. The van der Waals surface area contributed by atoms with E-state index in [1.807, 2.05) is 0 Å². The van der Waals surface area contributed by atoms with Crippen LogP contribution >= 0.6 is 24.0 Å². The lowest BCUT2D eigenvalue weighted by molar-refractivity contribution is 0.180. The highest BCUT2D eigenvalue weighted by Gasteiger charge is 2.15. The van der Waals surface area contributed by atoms with E-state index in [0.29, 0.717) is 6.54 Å². The Bertz CT molecular complexity index is 521. The lowest BCUT2D eigenvalue weighted by Gasteiger charge is -2.18. The molecule has 0 unspecified atom stereocenters. The first kappa shape index (κ1) is 22.1. The number of guanidine groups is 1. The van der Waals surface area contributed by atoms with Gasteiger partial charge in [0.05, 0.1) is 6.54 Å². The third-order valence-corrected chi connectivity index (χ3v) is 4.25. The number of ether oxygens (including phenoxy) is 1. The fraction of sp³-hybridized carbons (Fsp3) is 0.812. The minimum atomic E-state index is 0. The molecule has 25 heavy (non-hydrogen) atoms. The highest BCUT2D eigenvalue weighted by molar-refractivity contribution is 14.0. The van der Waals surface area contributed by atoms with E-state index in [4.69, 9.17) is 4.74 Å². The number of fused-ring (bicyclic) bond motifs is 1. The van der Waals surface area contributed by atoms with E-state index in [2.05, 4.69) is 42.3 Å². The first-order chi connectivity index (χ1) is 11.7. The van der Waals surface area contributed by atoms with Crippen molar-refractivity contribution in [3.05, 3.63) is 11.6 Å². The van der Waals surface area contributed by atoms with Crippen molar-refractivity contribution in [2.24, 2.45) is 4.99 Å². The molecule has 1 aromatic heterocycles. The molecule has 9 heteroatoms.